The lowest BCUT2D eigenvalue weighted by atomic mass is 10.2. The molecular formula is C13H16FN3O2. The van der Waals surface area contributed by atoms with E-state index < -0.39 is 6.04 Å². The van der Waals surface area contributed by atoms with Gasteiger partial charge in [0, 0.05) is 18.8 Å². The quantitative estimate of drug-likeness (QED) is 0.824. The van der Waals surface area contributed by atoms with Gasteiger partial charge in [-0.3, -0.25) is 14.9 Å². The summed E-state index contributed by atoms with van der Waals surface area (Å²) in [7, 11) is 0. The number of piperazine rings is 1. The Kier molecular flexibility index (Phi) is 4.11. The molecule has 0 spiro atoms. The lowest BCUT2D eigenvalue weighted by Gasteiger charge is -2.29. The standard InChI is InChI=1S/C13H16FN3O2/c1-2-17(10-5-3-4-9(14)6-10)13(19)11-7-16-12(18)8-15-11/h3-6,11,15H,2,7-8H2,1H3,(H,16,18). The molecule has 2 N–H and O–H groups in total. The number of nitrogens with zero attached hydrogens (tertiary/aromatic N) is 1. The zero-order valence-electron chi connectivity index (χ0n) is 10.6. The topological polar surface area (TPSA) is 61.4 Å². The average molecular weight is 265 g/mol. The maximum atomic E-state index is 13.2. The minimum Gasteiger partial charge on any atom is -0.353 e. The van der Waals surface area contributed by atoms with Gasteiger partial charge in [0.05, 0.1) is 6.54 Å². The van der Waals surface area contributed by atoms with Gasteiger partial charge in [-0.1, -0.05) is 6.07 Å². The van der Waals surface area contributed by atoms with E-state index >= 15 is 0 Å². The van der Waals surface area contributed by atoms with Gasteiger partial charge in [0.25, 0.3) is 0 Å². The second-order valence-electron chi connectivity index (χ2n) is 4.30. The molecule has 1 aliphatic heterocycles. The minimum absolute atomic E-state index is 0.122. The van der Waals surface area contributed by atoms with Crippen molar-refractivity contribution in [3.63, 3.8) is 0 Å². The van der Waals surface area contributed by atoms with Crippen LogP contribution in [0.1, 0.15) is 6.92 Å². The Labute approximate surface area is 110 Å². The van der Waals surface area contributed by atoms with E-state index in [2.05, 4.69) is 10.6 Å². The molecule has 0 radical (unpaired) electrons. The first kappa shape index (κ1) is 13.5. The molecule has 0 saturated carbocycles. The first-order chi connectivity index (χ1) is 9.11. The van der Waals surface area contributed by atoms with Gasteiger partial charge in [0.2, 0.25) is 11.8 Å². The van der Waals surface area contributed by atoms with Crippen molar-refractivity contribution in [3.05, 3.63) is 30.1 Å². The van der Waals surface area contributed by atoms with Crippen LogP contribution in [0.5, 0.6) is 0 Å². The van der Waals surface area contributed by atoms with Gasteiger partial charge in [0.1, 0.15) is 11.9 Å². The molecule has 1 saturated heterocycles. The third-order valence-electron chi connectivity index (χ3n) is 3.01. The van der Waals surface area contributed by atoms with Gasteiger partial charge in [-0.25, -0.2) is 4.39 Å². The van der Waals surface area contributed by atoms with Crippen LogP contribution in [0.2, 0.25) is 0 Å². The summed E-state index contributed by atoms with van der Waals surface area (Å²) in [5.41, 5.74) is 0.520. The molecule has 0 bridgehead atoms. The van der Waals surface area contributed by atoms with Crippen LogP contribution in [0.3, 0.4) is 0 Å². The van der Waals surface area contributed by atoms with Crippen molar-refractivity contribution in [1.29, 1.82) is 0 Å². The summed E-state index contributed by atoms with van der Waals surface area (Å²) < 4.78 is 13.2. The lowest BCUT2D eigenvalue weighted by molar-refractivity contribution is -0.125. The van der Waals surface area contributed by atoms with Gasteiger partial charge in [-0.15, -0.1) is 0 Å². The van der Waals surface area contributed by atoms with Crippen LogP contribution in [0, 0.1) is 5.82 Å². The second kappa shape index (κ2) is 5.79. The first-order valence-electron chi connectivity index (χ1n) is 6.19. The molecule has 1 heterocycles. The maximum absolute atomic E-state index is 13.2. The number of nitrogens with one attached hydrogen (secondary N) is 2. The third-order valence-corrected chi connectivity index (χ3v) is 3.01. The number of rotatable bonds is 3. The molecule has 2 rings (SSSR count). The van der Waals surface area contributed by atoms with Crippen molar-refractivity contribution in [2.75, 3.05) is 24.5 Å². The predicted octanol–water partition coefficient (Wildman–Crippen LogP) is 0.267. The number of amides is 2. The Morgan fingerprint density at radius 1 is 1.53 bits per heavy atom. The smallest absolute Gasteiger partial charge is 0.245 e. The SMILES string of the molecule is CCN(C(=O)C1CNC(=O)CN1)c1cccc(F)c1. The number of benzene rings is 1. The van der Waals surface area contributed by atoms with Gasteiger partial charge >= 0.3 is 0 Å². The highest BCUT2D eigenvalue weighted by Crippen LogP contribution is 2.16. The van der Waals surface area contributed by atoms with E-state index in [9.17, 15) is 14.0 Å². The molecule has 1 aromatic carbocycles. The van der Waals surface area contributed by atoms with Crippen LogP contribution < -0.4 is 15.5 Å². The maximum Gasteiger partial charge on any atom is 0.245 e. The summed E-state index contributed by atoms with van der Waals surface area (Å²) in [6.45, 7) is 2.64. The van der Waals surface area contributed by atoms with E-state index in [0.717, 1.165) is 0 Å². The van der Waals surface area contributed by atoms with E-state index in [4.69, 9.17) is 0 Å². The monoisotopic (exact) mass is 265 g/mol. The fourth-order valence-corrected chi connectivity index (χ4v) is 2.04. The number of carbonyl (C=O) groups excluding carboxylic acids is 2. The Morgan fingerprint density at radius 2 is 2.32 bits per heavy atom. The van der Waals surface area contributed by atoms with E-state index in [1.807, 2.05) is 6.92 Å². The van der Waals surface area contributed by atoms with E-state index in [-0.39, 0.29) is 30.7 Å². The lowest BCUT2D eigenvalue weighted by Crippen LogP contribution is -2.58. The molecule has 2 amide bonds. The molecular weight excluding hydrogens is 249 g/mol. The normalized spacial score (nSPS) is 18.8. The summed E-state index contributed by atoms with van der Waals surface area (Å²) in [4.78, 5) is 24.9. The molecule has 1 aliphatic rings. The van der Waals surface area contributed by atoms with Crippen molar-refractivity contribution < 1.29 is 14.0 Å². The van der Waals surface area contributed by atoms with Crippen molar-refractivity contribution in [2.45, 2.75) is 13.0 Å². The molecule has 0 aliphatic carbocycles. The predicted molar refractivity (Wildman–Crippen MR) is 69.2 cm³/mol. The van der Waals surface area contributed by atoms with Gasteiger partial charge in [0.15, 0.2) is 0 Å². The first-order valence-corrected chi connectivity index (χ1v) is 6.19. The van der Waals surface area contributed by atoms with Crippen LogP contribution in [-0.2, 0) is 9.59 Å². The molecule has 0 aromatic heterocycles. The largest absolute Gasteiger partial charge is 0.353 e. The van der Waals surface area contributed by atoms with Crippen molar-refractivity contribution in [2.24, 2.45) is 0 Å². The summed E-state index contributed by atoms with van der Waals surface area (Å²) >= 11 is 0. The van der Waals surface area contributed by atoms with Crippen LogP contribution in [0.4, 0.5) is 10.1 Å². The summed E-state index contributed by atoms with van der Waals surface area (Å²) in [6.07, 6.45) is 0. The number of hydrogen-bond donors (Lipinski definition) is 2. The number of carbonyl (C=O) groups is 2. The van der Waals surface area contributed by atoms with Crippen LogP contribution in [0.25, 0.3) is 0 Å². The number of anilines is 1. The average Bonchev–Trinajstić information content (AvgIpc) is 2.40. The van der Waals surface area contributed by atoms with Crippen molar-refractivity contribution in [1.82, 2.24) is 10.6 Å². The Morgan fingerprint density at radius 3 is 2.89 bits per heavy atom. The second-order valence-corrected chi connectivity index (χ2v) is 4.30. The highest BCUT2D eigenvalue weighted by atomic mass is 19.1. The van der Waals surface area contributed by atoms with Crippen LogP contribution >= 0.6 is 0 Å². The molecule has 102 valence electrons. The molecule has 1 fully saturated rings. The Balaban J connectivity index is 2.13. The summed E-state index contributed by atoms with van der Waals surface area (Å²) in [6, 6.07) is 5.44. The fourth-order valence-electron chi connectivity index (χ4n) is 2.04. The number of hydrogen-bond acceptors (Lipinski definition) is 3. The van der Waals surface area contributed by atoms with Gasteiger partial charge < -0.3 is 10.2 Å². The summed E-state index contributed by atoms with van der Waals surface area (Å²) in [5.74, 6) is -0.681. The zero-order chi connectivity index (χ0) is 13.8. The van der Waals surface area contributed by atoms with E-state index in [1.54, 1.807) is 12.1 Å². The number of halogens is 1. The molecule has 6 heteroatoms. The Bertz CT molecular complexity index is 483. The van der Waals surface area contributed by atoms with Gasteiger partial charge in [-0.05, 0) is 25.1 Å². The number of likely N-dealkylation sites (N-methyl/N-ethyl adjacent to an activating group) is 1. The molecule has 5 nitrogen and oxygen atoms in total. The third kappa shape index (κ3) is 3.08. The van der Waals surface area contributed by atoms with Crippen molar-refractivity contribution >= 4 is 17.5 Å². The zero-order valence-corrected chi connectivity index (χ0v) is 10.6. The minimum atomic E-state index is -0.471. The molecule has 1 aromatic rings. The summed E-state index contributed by atoms with van der Waals surface area (Å²) in [5, 5.41) is 5.50. The fraction of sp³-hybridized carbons (Fsp3) is 0.385. The van der Waals surface area contributed by atoms with Gasteiger partial charge in [-0.2, -0.15) is 0 Å². The van der Waals surface area contributed by atoms with Crippen LogP contribution in [-0.4, -0.2) is 37.5 Å². The van der Waals surface area contributed by atoms with Crippen LogP contribution in [0.15, 0.2) is 24.3 Å². The van der Waals surface area contributed by atoms with Crippen molar-refractivity contribution in [3.8, 4) is 0 Å². The molecule has 1 unspecified atom stereocenters. The molecule has 19 heavy (non-hydrogen) atoms. The van der Waals surface area contributed by atoms with E-state index in [0.29, 0.717) is 12.2 Å². The van der Waals surface area contributed by atoms with E-state index in [1.165, 1.54) is 17.0 Å². The highest BCUT2D eigenvalue weighted by molar-refractivity contribution is 5.98. The highest BCUT2D eigenvalue weighted by Gasteiger charge is 2.28. The molecule has 1 atom stereocenters. The Hall–Kier alpha value is -1.95.